The van der Waals surface area contributed by atoms with Crippen molar-refractivity contribution >= 4 is 6.21 Å². The molecule has 0 radical (unpaired) electrons. The zero-order valence-electron chi connectivity index (χ0n) is 7.49. The van der Waals surface area contributed by atoms with Crippen LogP contribution in [0.1, 0.15) is 26.2 Å². The molecule has 0 aromatic carbocycles. The first kappa shape index (κ1) is 9.12. The maximum atomic E-state index is 5.00. The zero-order valence-corrected chi connectivity index (χ0v) is 7.49. The van der Waals surface area contributed by atoms with Crippen molar-refractivity contribution in [2.75, 3.05) is 6.61 Å². The van der Waals surface area contributed by atoms with Crippen molar-refractivity contribution in [2.24, 2.45) is 17.0 Å². The summed E-state index contributed by atoms with van der Waals surface area (Å²) in [7, 11) is 0. The molecule has 0 N–H and O–H groups in total. The first-order chi connectivity index (χ1) is 5.83. The predicted molar refractivity (Wildman–Crippen MR) is 49.8 cm³/mol. The molecule has 0 saturated heterocycles. The largest absolute Gasteiger partial charge is 0.383 e. The summed E-state index contributed by atoms with van der Waals surface area (Å²) in [6, 6.07) is 0. The lowest BCUT2D eigenvalue weighted by Crippen LogP contribution is -1.96. The molecule has 1 rings (SSSR count). The smallest absolute Gasteiger partial charge is 0.177 e. The Morgan fingerprint density at radius 2 is 2.50 bits per heavy atom. The predicted octanol–water partition coefficient (Wildman–Crippen LogP) is 2.06. The van der Waals surface area contributed by atoms with Gasteiger partial charge < -0.3 is 4.84 Å². The number of rotatable bonds is 3. The molecule has 66 valence electrons. The third kappa shape index (κ3) is 2.96. The van der Waals surface area contributed by atoms with E-state index in [9.17, 15) is 0 Å². The summed E-state index contributed by atoms with van der Waals surface area (Å²) < 4.78 is 0. The molecular weight excluding hydrogens is 150 g/mol. The van der Waals surface area contributed by atoms with E-state index in [1.54, 1.807) is 0 Å². The number of hydrogen-bond acceptors (Lipinski definition) is 2. The van der Waals surface area contributed by atoms with Crippen LogP contribution in [0.3, 0.4) is 0 Å². The topological polar surface area (TPSA) is 21.6 Å². The Bertz CT molecular complexity index is 193. The van der Waals surface area contributed by atoms with Crippen LogP contribution < -0.4 is 0 Å². The van der Waals surface area contributed by atoms with E-state index >= 15 is 0 Å². The fourth-order valence-electron chi connectivity index (χ4n) is 1.59. The second kappa shape index (κ2) is 4.82. The van der Waals surface area contributed by atoms with Crippen LogP contribution in [0.4, 0.5) is 0 Å². The third-order valence-corrected chi connectivity index (χ3v) is 2.23. The monoisotopic (exact) mass is 165 g/mol. The molecule has 0 aromatic heterocycles. The van der Waals surface area contributed by atoms with Gasteiger partial charge in [0.1, 0.15) is 0 Å². The molecule has 2 atom stereocenters. The average Bonchev–Trinajstić information content (AvgIpc) is 2.45. The highest BCUT2D eigenvalue weighted by molar-refractivity contribution is 5.60. The minimum Gasteiger partial charge on any atom is -0.383 e. The SMILES string of the molecule is C#CCO/N=C/C1CCC(C)C1. The Morgan fingerprint density at radius 1 is 1.67 bits per heavy atom. The first-order valence-corrected chi connectivity index (χ1v) is 4.42. The van der Waals surface area contributed by atoms with Crippen LogP contribution in [0, 0.1) is 24.2 Å². The van der Waals surface area contributed by atoms with Gasteiger partial charge in [-0.05, 0) is 24.7 Å². The van der Waals surface area contributed by atoms with Crippen LogP contribution >= 0.6 is 0 Å². The van der Waals surface area contributed by atoms with Gasteiger partial charge in [0.25, 0.3) is 0 Å². The first-order valence-electron chi connectivity index (χ1n) is 4.42. The van der Waals surface area contributed by atoms with Crippen molar-refractivity contribution < 1.29 is 4.84 Å². The van der Waals surface area contributed by atoms with Crippen molar-refractivity contribution in [1.82, 2.24) is 0 Å². The Balaban J connectivity index is 2.15. The Kier molecular flexibility index (Phi) is 3.66. The summed E-state index contributed by atoms with van der Waals surface area (Å²) in [5.74, 6) is 3.82. The van der Waals surface area contributed by atoms with Crippen LogP contribution in [0.25, 0.3) is 0 Å². The highest BCUT2D eigenvalue weighted by Gasteiger charge is 2.19. The van der Waals surface area contributed by atoms with E-state index in [0.717, 1.165) is 5.92 Å². The molecule has 2 nitrogen and oxygen atoms in total. The lowest BCUT2D eigenvalue weighted by molar-refractivity contribution is 0.180. The lowest BCUT2D eigenvalue weighted by Gasteiger charge is -1.99. The summed E-state index contributed by atoms with van der Waals surface area (Å²) in [6.45, 7) is 2.55. The summed E-state index contributed by atoms with van der Waals surface area (Å²) in [4.78, 5) is 4.81. The van der Waals surface area contributed by atoms with Gasteiger partial charge in [-0.25, -0.2) is 0 Å². The number of hydrogen-bond donors (Lipinski definition) is 0. The standard InChI is InChI=1S/C10H15NO/c1-3-6-12-11-8-10-5-4-9(2)7-10/h1,8-10H,4-7H2,2H3/b11-8+. The van der Waals surface area contributed by atoms with Crippen LogP contribution in [-0.2, 0) is 4.84 Å². The summed E-state index contributed by atoms with van der Waals surface area (Å²) in [5.41, 5.74) is 0. The molecule has 0 bridgehead atoms. The van der Waals surface area contributed by atoms with Crippen LogP contribution in [0.5, 0.6) is 0 Å². The normalized spacial score (nSPS) is 29.0. The molecular formula is C10H15NO. The molecule has 1 saturated carbocycles. The van der Waals surface area contributed by atoms with Crippen molar-refractivity contribution in [3.8, 4) is 12.3 Å². The Morgan fingerprint density at radius 3 is 3.08 bits per heavy atom. The Labute approximate surface area is 74.0 Å². The van der Waals surface area contributed by atoms with Crippen molar-refractivity contribution in [3.05, 3.63) is 0 Å². The molecule has 0 aromatic rings. The number of nitrogens with zero attached hydrogens (tertiary/aromatic N) is 1. The van der Waals surface area contributed by atoms with Gasteiger partial charge in [-0.15, -0.1) is 6.42 Å². The molecule has 1 aliphatic rings. The number of oxime groups is 1. The molecule has 2 unspecified atom stereocenters. The quantitative estimate of drug-likeness (QED) is 0.271. The van der Waals surface area contributed by atoms with E-state index in [-0.39, 0.29) is 6.61 Å². The Hall–Kier alpha value is -0.970. The highest BCUT2D eigenvalue weighted by atomic mass is 16.6. The molecule has 0 spiro atoms. The van der Waals surface area contributed by atoms with Gasteiger partial charge in [0, 0.05) is 6.21 Å². The molecule has 12 heavy (non-hydrogen) atoms. The van der Waals surface area contributed by atoms with Gasteiger partial charge in [-0.3, -0.25) is 0 Å². The van der Waals surface area contributed by atoms with E-state index in [1.807, 2.05) is 6.21 Å². The van der Waals surface area contributed by atoms with Gasteiger partial charge in [0.05, 0.1) is 0 Å². The van der Waals surface area contributed by atoms with Gasteiger partial charge in [-0.2, -0.15) is 0 Å². The van der Waals surface area contributed by atoms with Crippen molar-refractivity contribution in [3.63, 3.8) is 0 Å². The van der Waals surface area contributed by atoms with Crippen LogP contribution in [0.15, 0.2) is 5.16 Å². The fourth-order valence-corrected chi connectivity index (χ4v) is 1.59. The van der Waals surface area contributed by atoms with Gasteiger partial charge in [0.2, 0.25) is 0 Å². The second-order valence-corrected chi connectivity index (χ2v) is 3.41. The molecule has 0 aliphatic heterocycles. The van der Waals surface area contributed by atoms with Crippen molar-refractivity contribution in [1.29, 1.82) is 0 Å². The molecule has 1 fully saturated rings. The van der Waals surface area contributed by atoms with Crippen LogP contribution in [-0.4, -0.2) is 12.8 Å². The number of terminal acetylenes is 1. The van der Waals surface area contributed by atoms with E-state index < -0.39 is 0 Å². The van der Waals surface area contributed by atoms with Crippen molar-refractivity contribution in [2.45, 2.75) is 26.2 Å². The van der Waals surface area contributed by atoms with E-state index in [0.29, 0.717) is 5.92 Å². The lowest BCUT2D eigenvalue weighted by atomic mass is 10.1. The van der Waals surface area contributed by atoms with Gasteiger partial charge in [-0.1, -0.05) is 24.4 Å². The molecule has 2 heteroatoms. The summed E-state index contributed by atoms with van der Waals surface area (Å²) in [5, 5.41) is 3.81. The molecule has 1 aliphatic carbocycles. The maximum absolute atomic E-state index is 5.00. The van der Waals surface area contributed by atoms with Gasteiger partial charge >= 0.3 is 0 Å². The second-order valence-electron chi connectivity index (χ2n) is 3.41. The zero-order chi connectivity index (χ0) is 8.81. The van der Waals surface area contributed by atoms with Gasteiger partial charge in [0.15, 0.2) is 6.61 Å². The maximum Gasteiger partial charge on any atom is 0.177 e. The minimum absolute atomic E-state index is 0.277. The molecule has 0 heterocycles. The fraction of sp³-hybridized carbons (Fsp3) is 0.700. The van der Waals surface area contributed by atoms with E-state index in [2.05, 4.69) is 18.0 Å². The third-order valence-electron chi connectivity index (χ3n) is 2.23. The summed E-state index contributed by atoms with van der Waals surface area (Å²) in [6.07, 6.45) is 10.7. The molecule has 0 amide bonds. The highest BCUT2D eigenvalue weighted by Crippen LogP contribution is 2.28. The average molecular weight is 165 g/mol. The minimum atomic E-state index is 0.277. The van der Waals surface area contributed by atoms with E-state index in [4.69, 9.17) is 11.3 Å². The van der Waals surface area contributed by atoms with Crippen LogP contribution in [0.2, 0.25) is 0 Å². The van der Waals surface area contributed by atoms with E-state index in [1.165, 1.54) is 19.3 Å². The summed E-state index contributed by atoms with van der Waals surface area (Å²) >= 11 is 0.